The van der Waals surface area contributed by atoms with Crippen molar-refractivity contribution < 1.29 is 53.7 Å². The van der Waals surface area contributed by atoms with Crippen LogP contribution in [-0.4, -0.2) is 47.8 Å². The molecule has 2 aromatic rings. The molecule has 2 unspecified atom stereocenters. The number of amides is 1. The molecule has 1 aromatic carbocycles. The predicted octanol–water partition coefficient (Wildman–Crippen LogP) is 1.41. The molecular weight excluding hydrogens is 603 g/mol. The van der Waals surface area contributed by atoms with Crippen LogP contribution in [0.15, 0.2) is 29.3 Å². The molecule has 1 aliphatic heterocycles. The van der Waals surface area contributed by atoms with Gasteiger partial charge in [-0.1, -0.05) is 24.1 Å². The smallest absolute Gasteiger partial charge is 0.213 e. The third-order valence-corrected chi connectivity index (χ3v) is 6.32. The molecule has 1 saturated heterocycles. The summed E-state index contributed by atoms with van der Waals surface area (Å²) in [5.41, 5.74) is 11.5. The molecule has 8 nitrogen and oxygen atoms in total. The van der Waals surface area contributed by atoms with Crippen LogP contribution in [0.5, 0.6) is 0 Å². The van der Waals surface area contributed by atoms with Gasteiger partial charge in [0.05, 0.1) is 16.3 Å². The van der Waals surface area contributed by atoms with E-state index in [2.05, 4.69) is 20.6 Å². The van der Waals surface area contributed by atoms with Gasteiger partial charge in [-0.2, -0.15) is 0 Å². The van der Waals surface area contributed by atoms with Crippen LogP contribution in [-0.2, 0) is 4.79 Å². The average molecular weight is 627 g/mol. The van der Waals surface area contributed by atoms with Gasteiger partial charge in [-0.05, 0) is 37.3 Å². The molecule has 4 rings (SSSR count). The molecule has 2 heterocycles. The molecule has 2 fully saturated rings. The average Bonchev–Trinajstić information content (AvgIpc) is 3.13. The number of nitrogens with one attached hydrogen (secondary N) is 1. The van der Waals surface area contributed by atoms with E-state index in [4.69, 9.17) is 11.5 Å². The maximum absolute atomic E-state index is 13.1. The maximum atomic E-state index is 13.1. The van der Waals surface area contributed by atoms with Crippen molar-refractivity contribution in [2.24, 2.45) is 28.3 Å². The topological polar surface area (TPSA) is 138 Å². The van der Waals surface area contributed by atoms with Gasteiger partial charge < -0.3 is 22.1 Å². The molecule has 0 bridgehead atoms. The standard InChI is InChI=1S/C19H23N6O2S.Ac/c20-19(21)22-7-3-5-13(24-17(27)15-11-8-10(11)9-23-15)16(26)18-25-12-4-1-2-6-14(12)28-18;/h1-2,4,6,10-11,13,15H,3,5,7-9H2,(H,24,27)(H4,20,21,22);/q-1;/t10-,11-,13?,15?;/m1./s1. The van der Waals surface area contributed by atoms with E-state index < -0.39 is 6.04 Å². The van der Waals surface area contributed by atoms with Gasteiger partial charge in [0.25, 0.3) is 0 Å². The normalized spacial score (nSPS) is 23.0. The van der Waals surface area contributed by atoms with Crippen molar-refractivity contribution in [3.8, 4) is 0 Å². The number of rotatable bonds is 8. The van der Waals surface area contributed by atoms with Gasteiger partial charge in [0, 0.05) is 50.6 Å². The van der Waals surface area contributed by atoms with Crippen LogP contribution in [0.25, 0.3) is 15.5 Å². The van der Waals surface area contributed by atoms with Gasteiger partial charge in [-0.15, -0.1) is 17.9 Å². The minimum Gasteiger partial charge on any atom is -0.651 e. The zero-order valence-electron chi connectivity index (χ0n) is 16.0. The molecule has 4 atom stereocenters. The Morgan fingerprint density at radius 3 is 2.79 bits per heavy atom. The Kier molecular flexibility index (Phi) is 7.65. The Labute approximate surface area is 208 Å². The summed E-state index contributed by atoms with van der Waals surface area (Å²) in [5.74, 6) is 0.578. The number of benzene rings is 1. The first-order chi connectivity index (χ1) is 13.5. The van der Waals surface area contributed by atoms with Crippen molar-refractivity contribution in [3.63, 3.8) is 0 Å². The van der Waals surface area contributed by atoms with E-state index in [1.54, 1.807) is 0 Å². The first kappa shape index (κ1) is 22.6. The van der Waals surface area contributed by atoms with Gasteiger partial charge in [-0.3, -0.25) is 14.6 Å². The number of ketones is 1. The summed E-state index contributed by atoms with van der Waals surface area (Å²) < 4.78 is 0.947. The number of guanidine groups is 1. The first-order valence-electron chi connectivity index (χ1n) is 9.45. The predicted molar refractivity (Wildman–Crippen MR) is 109 cm³/mol. The largest absolute Gasteiger partial charge is 0.651 e. The molecular formula is C19H23AcN6O2S-. The van der Waals surface area contributed by atoms with Crippen molar-refractivity contribution >= 4 is 39.2 Å². The first-order valence-corrected chi connectivity index (χ1v) is 10.3. The van der Waals surface area contributed by atoms with Crippen molar-refractivity contribution in [3.05, 3.63) is 34.6 Å². The van der Waals surface area contributed by atoms with Gasteiger partial charge in [0.15, 0.2) is 11.0 Å². The molecule has 1 aliphatic carbocycles. The Morgan fingerprint density at radius 2 is 2.14 bits per heavy atom. The molecule has 0 spiro atoms. The summed E-state index contributed by atoms with van der Waals surface area (Å²) in [6, 6.07) is 6.62. The molecule has 10 heteroatoms. The molecule has 5 N–H and O–H groups in total. The Morgan fingerprint density at radius 1 is 1.34 bits per heavy atom. The van der Waals surface area contributed by atoms with E-state index in [1.165, 1.54) is 11.3 Å². The summed E-state index contributed by atoms with van der Waals surface area (Å²) in [7, 11) is 0. The third kappa shape index (κ3) is 5.35. The molecule has 151 valence electrons. The van der Waals surface area contributed by atoms with E-state index in [0.717, 1.165) is 23.2 Å². The summed E-state index contributed by atoms with van der Waals surface area (Å²) >= 11 is 1.34. The molecule has 1 aromatic heterocycles. The number of carbonyl (C=O) groups excluding carboxylic acids is 2. The number of carbonyl (C=O) groups is 2. The second-order valence-corrected chi connectivity index (χ2v) is 8.36. The summed E-state index contributed by atoms with van der Waals surface area (Å²) in [5, 5.41) is 7.74. The number of nitrogens with zero attached hydrogens (tertiary/aromatic N) is 3. The SMILES string of the molecule is NC(N)=NCCCC(NC(=O)C1[N-]C[C@H]2C[C@@H]12)C(=O)c1nc2ccccc2s1.[Ac]. The fourth-order valence-corrected chi connectivity index (χ4v) is 4.65. The number of para-hydroxylation sites is 1. The summed E-state index contributed by atoms with van der Waals surface area (Å²) in [6.45, 7) is 1.16. The van der Waals surface area contributed by atoms with Crippen molar-refractivity contribution in [2.45, 2.75) is 31.3 Å². The van der Waals surface area contributed by atoms with E-state index in [1.807, 2.05) is 24.3 Å². The Bertz CT molecular complexity index is 895. The summed E-state index contributed by atoms with van der Waals surface area (Å²) in [6.07, 6.45) is 2.08. The number of piperidine rings is 1. The van der Waals surface area contributed by atoms with E-state index in [-0.39, 0.29) is 67.8 Å². The number of thiazole rings is 1. The van der Waals surface area contributed by atoms with E-state index >= 15 is 0 Å². The number of hydrogen-bond donors (Lipinski definition) is 3. The van der Waals surface area contributed by atoms with Crippen LogP contribution < -0.4 is 16.8 Å². The number of aromatic nitrogens is 1. The minimum atomic E-state index is -0.657. The second kappa shape index (κ2) is 9.82. The van der Waals surface area contributed by atoms with Crippen LogP contribution in [0.1, 0.15) is 29.1 Å². The van der Waals surface area contributed by atoms with Gasteiger partial charge in [0.1, 0.15) is 0 Å². The van der Waals surface area contributed by atoms with Crippen LogP contribution in [0, 0.1) is 55.9 Å². The number of aliphatic imine (C=N–C) groups is 1. The molecule has 1 amide bonds. The molecule has 1 radical (unpaired) electrons. The molecule has 29 heavy (non-hydrogen) atoms. The maximum Gasteiger partial charge on any atom is 0.213 e. The molecule has 1 saturated carbocycles. The second-order valence-electron chi connectivity index (χ2n) is 7.33. The van der Waals surface area contributed by atoms with Crippen LogP contribution >= 0.6 is 11.3 Å². The minimum absolute atomic E-state index is 0. The van der Waals surface area contributed by atoms with Crippen LogP contribution in [0.2, 0.25) is 0 Å². The summed E-state index contributed by atoms with van der Waals surface area (Å²) in [4.78, 5) is 34.2. The number of nitrogens with two attached hydrogens (primary N) is 2. The quantitative estimate of drug-likeness (QED) is 0.176. The van der Waals surface area contributed by atoms with Gasteiger partial charge in [-0.25, -0.2) is 4.98 Å². The van der Waals surface area contributed by atoms with Gasteiger partial charge in [0.2, 0.25) is 11.7 Å². The van der Waals surface area contributed by atoms with Crippen LogP contribution in [0.4, 0.5) is 0 Å². The van der Waals surface area contributed by atoms with Crippen molar-refractivity contribution in [1.29, 1.82) is 0 Å². The Balaban J connectivity index is 0.00000240. The van der Waals surface area contributed by atoms with E-state index in [9.17, 15) is 9.59 Å². The monoisotopic (exact) mass is 626 g/mol. The number of Topliss-reactive ketones (excluding diaryl/α,β-unsaturated/α-hetero) is 1. The number of hydrogen-bond acceptors (Lipinski definition) is 5. The van der Waals surface area contributed by atoms with Gasteiger partial charge >= 0.3 is 0 Å². The third-order valence-electron chi connectivity index (χ3n) is 5.27. The molecule has 2 aliphatic rings. The fourth-order valence-electron chi connectivity index (χ4n) is 3.69. The zero-order valence-corrected chi connectivity index (χ0v) is 21.5. The van der Waals surface area contributed by atoms with Crippen molar-refractivity contribution in [1.82, 2.24) is 10.3 Å². The number of fused-ring (bicyclic) bond motifs is 2. The van der Waals surface area contributed by atoms with E-state index in [0.29, 0.717) is 36.2 Å². The Hall–Kier alpha value is -1.08. The van der Waals surface area contributed by atoms with Crippen molar-refractivity contribution in [2.75, 3.05) is 13.1 Å². The fraction of sp³-hybridized carbons (Fsp3) is 0.474. The zero-order chi connectivity index (χ0) is 19.7. The van der Waals surface area contributed by atoms with Crippen LogP contribution in [0.3, 0.4) is 0 Å².